The van der Waals surface area contributed by atoms with Crippen LogP contribution in [0.5, 0.6) is 0 Å². The molecule has 0 fully saturated rings. The van der Waals surface area contributed by atoms with Gasteiger partial charge in [-0.1, -0.05) is 11.8 Å². The van der Waals surface area contributed by atoms with Crippen LogP contribution in [0.15, 0.2) is 42.7 Å². The number of anilines is 2. The van der Waals surface area contributed by atoms with Gasteiger partial charge in [0.25, 0.3) is 5.91 Å². The van der Waals surface area contributed by atoms with Gasteiger partial charge in [-0.25, -0.2) is 18.9 Å². The smallest absolute Gasteiger partial charge is 0.413 e. The molecule has 3 heterocycles. The molecule has 0 aliphatic heterocycles. The third-order valence-corrected chi connectivity index (χ3v) is 4.73. The Morgan fingerprint density at radius 2 is 2.03 bits per heavy atom. The Hall–Kier alpha value is -4.73. The van der Waals surface area contributed by atoms with E-state index >= 15 is 0 Å². The van der Waals surface area contributed by atoms with Crippen LogP contribution in [-0.2, 0) is 16.6 Å². The molecule has 0 aliphatic rings. The lowest BCUT2D eigenvalue weighted by molar-refractivity contribution is -0.113. The fourth-order valence-electron chi connectivity index (χ4n) is 2.89. The highest BCUT2D eigenvalue weighted by Crippen LogP contribution is 2.26. The average Bonchev–Trinajstić information content (AvgIpc) is 3.19. The van der Waals surface area contributed by atoms with Crippen molar-refractivity contribution in [2.75, 3.05) is 10.6 Å². The maximum atomic E-state index is 13.8. The number of hydrogen-bond donors (Lipinski definition) is 2. The van der Waals surface area contributed by atoms with Crippen LogP contribution in [0.4, 0.5) is 25.1 Å². The maximum absolute atomic E-state index is 13.8. The highest BCUT2D eigenvalue weighted by atomic mass is 19.1. The zero-order chi connectivity index (χ0) is 25.5. The van der Waals surface area contributed by atoms with Crippen molar-refractivity contribution < 1.29 is 23.1 Å². The van der Waals surface area contributed by atoms with Crippen LogP contribution in [0, 0.1) is 23.1 Å². The first kappa shape index (κ1) is 24.9. The molecule has 0 aromatic carbocycles. The quantitative estimate of drug-likeness (QED) is 0.365. The highest BCUT2D eigenvalue weighted by molar-refractivity contribution is 6.03. The molecule has 0 saturated heterocycles. The van der Waals surface area contributed by atoms with Crippen LogP contribution in [0.3, 0.4) is 0 Å². The molecule has 11 nitrogen and oxygen atoms in total. The van der Waals surface area contributed by atoms with E-state index in [0.29, 0.717) is 17.6 Å². The molecule has 0 spiro atoms. The molecule has 0 radical (unpaired) electrons. The number of ether oxygens (including phenoxy) is 1. The molecular formula is C22H20F2N8O3. The standard InChI is InChI=1S/C22H20F2N8O3/c1-12(5-4-8-25)21(33)28-15-6-7-17(26-11-15)18-20(32(3)31-30-18)29-22(34)35-13(2)16-9-14(23)10-27-19(16)24/h6-7,9-11,13H,1,4-5H2,2-3H3,(H,28,33)(H,29,34)/t13-/m1/s1. The summed E-state index contributed by atoms with van der Waals surface area (Å²) in [6, 6.07) is 5.95. The second-order valence-electron chi connectivity index (χ2n) is 7.26. The van der Waals surface area contributed by atoms with E-state index in [9.17, 15) is 18.4 Å². The highest BCUT2D eigenvalue weighted by Gasteiger charge is 2.21. The molecule has 0 unspecified atom stereocenters. The molecule has 13 heteroatoms. The van der Waals surface area contributed by atoms with Gasteiger partial charge in [-0.15, -0.1) is 5.10 Å². The van der Waals surface area contributed by atoms with Gasteiger partial charge in [0, 0.05) is 19.0 Å². The fraction of sp³-hybridized carbons (Fsp3) is 0.227. The van der Waals surface area contributed by atoms with Crippen LogP contribution < -0.4 is 10.6 Å². The van der Waals surface area contributed by atoms with Crippen LogP contribution >= 0.6 is 0 Å². The molecule has 3 aromatic rings. The number of carbonyl (C=O) groups is 2. The minimum absolute atomic E-state index is 0.134. The van der Waals surface area contributed by atoms with E-state index in [2.05, 4.69) is 37.5 Å². The molecule has 0 bridgehead atoms. The van der Waals surface area contributed by atoms with Crippen molar-refractivity contribution in [1.82, 2.24) is 25.0 Å². The Morgan fingerprint density at radius 1 is 1.26 bits per heavy atom. The third kappa shape index (κ3) is 6.20. The number of halogens is 2. The summed E-state index contributed by atoms with van der Waals surface area (Å²) < 4.78 is 33.6. The molecule has 3 rings (SSSR count). The number of nitrogens with one attached hydrogen (secondary N) is 2. The summed E-state index contributed by atoms with van der Waals surface area (Å²) in [7, 11) is 1.52. The summed E-state index contributed by atoms with van der Waals surface area (Å²) in [5.41, 5.74) is 0.945. The van der Waals surface area contributed by atoms with Gasteiger partial charge >= 0.3 is 6.09 Å². The van der Waals surface area contributed by atoms with Crippen molar-refractivity contribution >= 4 is 23.5 Å². The second-order valence-corrected chi connectivity index (χ2v) is 7.26. The summed E-state index contributed by atoms with van der Waals surface area (Å²) in [4.78, 5) is 32.0. The van der Waals surface area contributed by atoms with Crippen molar-refractivity contribution in [2.45, 2.75) is 25.9 Å². The van der Waals surface area contributed by atoms with E-state index < -0.39 is 29.9 Å². The van der Waals surface area contributed by atoms with E-state index in [0.717, 1.165) is 6.07 Å². The normalized spacial score (nSPS) is 11.3. The molecule has 180 valence electrons. The Balaban J connectivity index is 1.69. The lowest BCUT2D eigenvalue weighted by Crippen LogP contribution is -2.19. The number of aryl methyl sites for hydroxylation is 1. The fourth-order valence-corrected chi connectivity index (χ4v) is 2.89. The lowest BCUT2D eigenvalue weighted by atomic mass is 10.1. The van der Waals surface area contributed by atoms with Gasteiger partial charge in [-0.05, 0) is 31.5 Å². The van der Waals surface area contributed by atoms with Gasteiger partial charge in [0.05, 0.1) is 35.4 Å². The van der Waals surface area contributed by atoms with Crippen LogP contribution in [0.1, 0.15) is 31.4 Å². The van der Waals surface area contributed by atoms with Crippen molar-refractivity contribution in [3.8, 4) is 17.5 Å². The Bertz CT molecular complexity index is 1300. The number of amides is 2. The predicted octanol–water partition coefficient (Wildman–Crippen LogP) is 3.66. The van der Waals surface area contributed by atoms with Crippen molar-refractivity contribution in [3.63, 3.8) is 0 Å². The SMILES string of the molecule is C=C(CCC#N)C(=O)Nc1ccc(-c2nnn(C)c2NC(=O)O[C@H](C)c2cc(F)cnc2F)nc1. The Labute approximate surface area is 198 Å². The van der Waals surface area contributed by atoms with Crippen LogP contribution in [0.2, 0.25) is 0 Å². The molecule has 0 aliphatic carbocycles. The minimum Gasteiger partial charge on any atom is -0.441 e. The first-order valence-electron chi connectivity index (χ1n) is 10.2. The van der Waals surface area contributed by atoms with Crippen LogP contribution in [0.25, 0.3) is 11.4 Å². The maximum Gasteiger partial charge on any atom is 0.413 e. The van der Waals surface area contributed by atoms with Gasteiger partial charge in [-0.2, -0.15) is 9.65 Å². The van der Waals surface area contributed by atoms with Crippen molar-refractivity contribution in [3.05, 3.63) is 60.1 Å². The second kappa shape index (κ2) is 10.9. The van der Waals surface area contributed by atoms with Gasteiger partial charge in [0.2, 0.25) is 5.95 Å². The van der Waals surface area contributed by atoms with Crippen molar-refractivity contribution in [2.24, 2.45) is 7.05 Å². The molecule has 3 aromatic heterocycles. The Kier molecular flexibility index (Phi) is 7.77. The third-order valence-electron chi connectivity index (χ3n) is 4.73. The largest absolute Gasteiger partial charge is 0.441 e. The van der Waals surface area contributed by atoms with E-state index in [4.69, 9.17) is 10.00 Å². The van der Waals surface area contributed by atoms with E-state index in [-0.39, 0.29) is 35.5 Å². The van der Waals surface area contributed by atoms with E-state index in [1.165, 1.54) is 24.9 Å². The molecule has 35 heavy (non-hydrogen) atoms. The van der Waals surface area contributed by atoms with E-state index in [1.807, 2.05) is 6.07 Å². The number of nitriles is 1. The first-order valence-corrected chi connectivity index (χ1v) is 10.2. The molecular weight excluding hydrogens is 462 g/mol. The summed E-state index contributed by atoms with van der Waals surface area (Å²) in [5, 5.41) is 21.5. The monoisotopic (exact) mass is 482 g/mol. The van der Waals surface area contributed by atoms with Gasteiger partial charge in [0.1, 0.15) is 11.9 Å². The van der Waals surface area contributed by atoms with E-state index in [1.54, 1.807) is 12.1 Å². The van der Waals surface area contributed by atoms with Gasteiger partial charge in [0.15, 0.2) is 11.5 Å². The molecule has 0 saturated carbocycles. The summed E-state index contributed by atoms with van der Waals surface area (Å²) in [5.74, 6) is -2.03. The van der Waals surface area contributed by atoms with Crippen LogP contribution in [-0.4, -0.2) is 37.0 Å². The zero-order valence-electron chi connectivity index (χ0n) is 18.7. The molecule has 2 amide bonds. The van der Waals surface area contributed by atoms with Crippen molar-refractivity contribution in [1.29, 1.82) is 5.26 Å². The zero-order valence-corrected chi connectivity index (χ0v) is 18.7. The summed E-state index contributed by atoms with van der Waals surface area (Å²) in [6.45, 7) is 5.01. The van der Waals surface area contributed by atoms with Gasteiger partial charge < -0.3 is 10.1 Å². The van der Waals surface area contributed by atoms with Gasteiger partial charge in [-0.3, -0.25) is 15.1 Å². The number of nitrogens with zero attached hydrogens (tertiary/aromatic N) is 6. The average molecular weight is 482 g/mol. The number of aromatic nitrogens is 5. The Morgan fingerprint density at radius 3 is 2.71 bits per heavy atom. The first-order chi connectivity index (χ1) is 16.7. The number of rotatable bonds is 8. The molecule has 1 atom stereocenters. The number of pyridine rings is 2. The summed E-state index contributed by atoms with van der Waals surface area (Å²) in [6.07, 6.45) is 0.428. The molecule has 2 N–H and O–H groups in total. The predicted molar refractivity (Wildman–Crippen MR) is 120 cm³/mol. The lowest BCUT2D eigenvalue weighted by Gasteiger charge is -2.15. The number of hydrogen-bond acceptors (Lipinski definition) is 8. The topological polar surface area (TPSA) is 148 Å². The number of carbonyl (C=O) groups excluding carboxylic acids is 2. The minimum atomic E-state index is -1.13. The summed E-state index contributed by atoms with van der Waals surface area (Å²) >= 11 is 0.